The SMILES string of the molecule is Cc1csc(-c2noc(C)c2NS(=O)(=O)c2ccccc2)c1. The number of nitrogens with zero attached hydrogens (tertiary/aromatic N) is 1. The van der Waals surface area contributed by atoms with Crippen molar-refractivity contribution < 1.29 is 12.9 Å². The zero-order valence-corrected chi connectivity index (χ0v) is 13.7. The van der Waals surface area contributed by atoms with Gasteiger partial charge in [0.25, 0.3) is 10.0 Å². The lowest BCUT2D eigenvalue weighted by atomic mass is 10.2. The molecule has 0 bridgehead atoms. The number of aryl methyl sites for hydroxylation is 2. The molecule has 0 saturated carbocycles. The van der Waals surface area contributed by atoms with Gasteiger partial charge in [0.05, 0.1) is 9.77 Å². The Morgan fingerprint density at radius 2 is 1.91 bits per heavy atom. The van der Waals surface area contributed by atoms with Crippen LogP contribution in [-0.2, 0) is 10.0 Å². The third-order valence-corrected chi connectivity index (χ3v) is 5.54. The predicted molar refractivity (Wildman–Crippen MR) is 86.5 cm³/mol. The summed E-state index contributed by atoms with van der Waals surface area (Å²) in [5, 5.41) is 5.97. The van der Waals surface area contributed by atoms with Crippen LogP contribution in [0.2, 0.25) is 0 Å². The molecule has 7 heteroatoms. The van der Waals surface area contributed by atoms with E-state index in [0.717, 1.165) is 10.4 Å². The molecule has 0 atom stereocenters. The van der Waals surface area contributed by atoms with Crippen molar-refractivity contribution in [1.29, 1.82) is 0 Å². The second-order valence-corrected chi connectivity index (χ2v) is 7.46. The first kappa shape index (κ1) is 14.8. The van der Waals surface area contributed by atoms with Gasteiger partial charge in [0, 0.05) is 0 Å². The molecule has 22 heavy (non-hydrogen) atoms. The first-order valence-corrected chi connectivity index (χ1v) is 8.93. The molecule has 0 aliphatic carbocycles. The number of anilines is 1. The topological polar surface area (TPSA) is 72.2 Å². The Labute approximate surface area is 132 Å². The average molecular weight is 334 g/mol. The summed E-state index contributed by atoms with van der Waals surface area (Å²) in [4.78, 5) is 1.06. The minimum absolute atomic E-state index is 0.198. The second-order valence-electron chi connectivity index (χ2n) is 4.87. The molecule has 0 aliphatic heterocycles. The molecule has 3 rings (SSSR count). The van der Waals surface area contributed by atoms with Crippen molar-refractivity contribution in [2.24, 2.45) is 0 Å². The van der Waals surface area contributed by atoms with Crippen molar-refractivity contribution in [2.45, 2.75) is 18.7 Å². The Kier molecular flexibility index (Phi) is 3.76. The molecular weight excluding hydrogens is 320 g/mol. The first-order valence-electron chi connectivity index (χ1n) is 6.57. The third-order valence-electron chi connectivity index (χ3n) is 3.12. The summed E-state index contributed by atoms with van der Waals surface area (Å²) in [5.41, 5.74) is 1.98. The van der Waals surface area contributed by atoms with Crippen molar-refractivity contribution in [2.75, 3.05) is 4.72 Å². The van der Waals surface area contributed by atoms with Gasteiger partial charge in [-0.25, -0.2) is 8.42 Å². The van der Waals surface area contributed by atoms with Gasteiger partial charge in [-0.1, -0.05) is 23.4 Å². The molecule has 0 radical (unpaired) electrons. The van der Waals surface area contributed by atoms with Crippen molar-refractivity contribution in [3.05, 3.63) is 53.1 Å². The van der Waals surface area contributed by atoms with Gasteiger partial charge in [-0.15, -0.1) is 11.3 Å². The maximum atomic E-state index is 12.5. The van der Waals surface area contributed by atoms with E-state index in [1.165, 1.54) is 11.3 Å². The van der Waals surface area contributed by atoms with Crippen molar-refractivity contribution >= 4 is 27.0 Å². The Balaban J connectivity index is 2.02. The second kappa shape index (κ2) is 5.58. The minimum atomic E-state index is -3.67. The summed E-state index contributed by atoms with van der Waals surface area (Å²) < 4.78 is 32.7. The number of benzene rings is 1. The lowest BCUT2D eigenvalue weighted by Crippen LogP contribution is -2.13. The lowest BCUT2D eigenvalue weighted by molar-refractivity contribution is 0.400. The van der Waals surface area contributed by atoms with Gasteiger partial charge in [0.2, 0.25) is 0 Å². The lowest BCUT2D eigenvalue weighted by Gasteiger charge is -2.07. The monoisotopic (exact) mass is 334 g/mol. The van der Waals surface area contributed by atoms with Crippen LogP contribution in [0.1, 0.15) is 11.3 Å². The van der Waals surface area contributed by atoms with Gasteiger partial charge in [-0.3, -0.25) is 4.72 Å². The van der Waals surface area contributed by atoms with Gasteiger partial charge in [0.1, 0.15) is 11.4 Å². The number of sulfonamides is 1. The molecule has 5 nitrogen and oxygen atoms in total. The molecule has 2 heterocycles. The quantitative estimate of drug-likeness (QED) is 0.787. The van der Waals surface area contributed by atoms with Crippen LogP contribution in [0, 0.1) is 13.8 Å². The van der Waals surface area contributed by atoms with Crippen LogP contribution >= 0.6 is 11.3 Å². The van der Waals surface area contributed by atoms with Crippen molar-refractivity contribution in [3.63, 3.8) is 0 Å². The third kappa shape index (κ3) is 2.77. The molecule has 0 saturated heterocycles. The van der Waals surface area contributed by atoms with E-state index < -0.39 is 10.0 Å². The molecule has 0 unspecified atom stereocenters. The van der Waals surface area contributed by atoms with Crippen LogP contribution in [0.25, 0.3) is 10.6 Å². The predicted octanol–water partition coefficient (Wildman–Crippen LogP) is 3.82. The van der Waals surface area contributed by atoms with E-state index in [4.69, 9.17) is 4.52 Å². The number of thiophene rings is 1. The van der Waals surface area contributed by atoms with Crippen LogP contribution < -0.4 is 4.72 Å². The first-order chi connectivity index (χ1) is 10.5. The Hall–Kier alpha value is -2.12. The molecule has 0 fully saturated rings. The normalized spacial score (nSPS) is 11.5. The van der Waals surface area contributed by atoms with E-state index >= 15 is 0 Å². The van der Waals surface area contributed by atoms with E-state index in [2.05, 4.69) is 9.88 Å². The van der Waals surface area contributed by atoms with E-state index in [9.17, 15) is 8.42 Å². The number of hydrogen-bond donors (Lipinski definition) is 1. The Bertz CT molecular complexity index is 896. The molecule has 3 aromatic rings. The maximum absolute atomic E-state index is 12.5. The van der Waals surface area contributed by atoms with Crippen LogP contribution in [0.5, 0.6) is 0 Å². The van der Waals surface area contributed by atoms with Gasteiger partial charge in [-0.05, 0) is 43.0 Å². The van der Waals surface area contributed by atoms with E-state index in [-0.39, 0.29) is 4.90 Å². The molecule has 2 aromatic heterocycles. The minimum Gasteiger partial charge on any atom is -0.359 e. The van der Waals surface area contributed by atoms with E-state index in [1.807, 2.05) is 18.4 Å². The smallest absolute Gasteiger partial charge is 0.262 e. The Morgan fingerprint density at radius 1 is 1.18 bits per heavy atom. The largest absolute Gasteiger partial charge is 0.359 e. The van der Waals surface area contributed by atoms with E-state index in [1.54, 1.807) is 37.3 Å². The fourth-order valence-corrected chi connectivity index (χ4v) is 4.04. The van der Waals surface area contributed by atoms with Crippen molar-refractivity contribution in [3.8, 4) is 10.6 Å². The number of hydrogen-bond acceptors (Lipinski definition) is 5. The van der Waals surface area contributed by atoms with Crippen LogP contribution in [0.15, 0.2) is 51.2 Å². The van der Waals surface area contributed by atoms with Gasteiger partial charge >= 0.3 is 0 Å². The highest BCUT2D eigenvalue weighted by Crippen LogP contribution is 2.35. The fourth-order valence-electron chi connectivity index (χ4n) is 2.01. The van der Waals surface area contributed by atoms with E-state index in [0.29, 0.717) is 17.1 Å². The number of rotatable bonds is 4. The standard InChI is InChI=1S/C15H14N2O3S2/c1-10-8-13(21-9-10)15-14(11(2)20-16-15)17-22(18,19)12-6-4-3-5-7-12/h3-9,17H,1-2H3. The summed E-state index contributed by atoms with van der Waals surface area (Å²) in [7, 11) is -3.67. The maximum Gasteiger partial charge on any atom is 0.262 e. The van der Waals surface area contributed by atoms with Crippen molar-refractivity contribution in [1.82, 2.24) is 5.16 Å². The summed E-state index contributed by atoms with van der Waals surface area (Å²) in [6.07, 6.45) is 0. The summed E-state index contributed by atoms with van der Waals surface area (Å²) in [6, 6.07) is 10.2. The molecule has 1 aromatic carbocycles. The molecule has 1 N–H and O–H groups in total. The molecule has 0 amide bonds. The summed E-state index contributed by atoms with van der Waals surface area (Å²) >= 11 is 1.49. The van der Waals surface area contributed by atoms with Crippen LogP contribution in [0.3, 0.4) is 0 Å². The highest BCUT2D eigenvalue weighted by Gasteiger charge is 2.22. The van der Waals surface area contributed by atoms with Crippen LogP contribution in [-0.4, -0.2) is 13.6 Å². The summed E-state index contributed by atoms with van der Waals surface area (Å²) in [6.45, 7) is 3.65. The zero-order valence-electron chi connectivity index (χ0n) is 12.0. The molecular formula is C15H14N2O3S2. The fraction of sp³-hybridized carbons (Fsp3) is 0.133. The average Bonchev–Trinajstić information content (AvgIpc) is 3.07. The molecule has 0 spiro atoms. The highest BCUT2D eigenvalue weighted by molar-refractivity contribution is 7.92. The van der Waals surface area contributed by atoms with Gasteiger partial charge in [-0.2, -0.15) is 0 Å². The zero-order chi connectivity index (χ0) is 15.7. The number of aromatic nitrogens is 1. The summed E-state index contributed by atoms with van der Waals surface area (Å²) in [5.74, 6) is 0.431. The molecule has 114 valence electrons. The highest BCUT2D eigenvalue weighted by atomic mass is 32.2. The molecule has 0 aliphatic rings. The van der Waals surface area contributed by atoms with Crippen LogP contribution in [0.4, 0.5) is 5.69 Å². The number of nitrogens with one attached hydrogen (secondary N) is 1. The van der Waals surface area contributed by atoms with Gasteiger partial charge < -0.3 is 4.52 Å². The Morgan fingerprint density at radius 3 is 2.55 bits per heavy atom. The van der Waals surface area contributed by atoms with Gasteiger partial charge in [0.15, 0.2) is 5.76 Å².